The molecule has 0 aliphatic heterocycles. The van der Waals surface area contributed by atoms with Crippen molar-refractivity contribution >= 4 is 28.6 Å². The molecule has 7 heteroatoms. The molecule has 0 bridgehead atoms. The average Bonchev–Trinajstić information content (AvgIpc) is 2.54. The second-order valence-corrected chi connectivity index (χ2v) is 6.72. The van der Waals surface area contributed by atoms with Crippen LogP contribution >= 0.6 is 11.8 Å². The summed E-state index contributed by atoms with van der Waals surface area (Å²) in [6, 6.07) is 0. The van der Waals surface area contributed by atoms with Gasteiger partial charge in [0.25, 0.3) is 0 Å². The molecular weight excluding hydrogens is 332 g/mol. The fraction of sp³-hybridized carbons (Fsp3) is 0.824. The van der Waals surface area contributed by atoms with Gasteiger partial charge < -0.3 is 14.6 Å². The van der Waals surface area contributed by atoms with Gasteiger partial charge in [0.05, 0.1) is 19.8 Å². The molecule has 1 N–H and O–H groups in total. The Kier molecular flexibility index (Phi) is 16.3. The number of carbonyl (C=O) groups is 3. The minimum Gasteiger partial charge on any atom is -0.463 e. The monoisotopic (exact) mass is 362 g/mol. The Labute approximate surface area is 148 Å². The molecule has 140 valence electrons. The topological polar surface area (TPSA) is 89.9 Å². The number of ketones is 1. The third-order valence-electron chi connectivity index (χ3n) is 3.22. The van der Waals surface area contributed by atoms with Crippen LogP contribution in [0, 0.1) is 0 Å². The lowest BCUT2D eigenvalue weighted by Crippen LogP contribution is -2.12. The van der Waals surface area contributed by atoms with Gasteiger partial charge in [-0.05, 0) is 25.7 Å². The van der Waals surface area contributed by atoms with Crippen LogP contribution in [0.15, 0.2) is 0 Å². The molecule has 0 aromatic rings. The largest absolute Gasteiger partial charge is 0.463 e. The summed E-state index contributed by atoms with van der Waals surface area (Å²) in [7, 11) is 0. The quantitative estimate of drug-likeness (QED) is 0.333. The van der Waals surface area contributed by atoms with Crippen LogP contribution in [0.2, 0.25) is 0 Å². The summed E-state index contributed by atoms with van der Waals surface area (Å²) in [5.74, 6) is 0.787. The normalized spacial score (nSPS) is 10.6. The molecule has 0 aromatic carbocycles. The third kappa shape index (κ3) is 17.4. The van der Waals surface area contributed by atoms with E-state index in [1.54, 1.807) is 6.92 Å². The summed E-state index contributed by atoms with van der Waals surface area (Å²) in [4.78, 5) is 33.8. The zero-order valence-corrected chi connectivity index (χ0v) is 15.4. The second-order valence-electron chi connectivity index (χ2n) is 5.45. The van der Waals surface area contributed by atoms with Crippen molar-refractivity contribution in [2.45, 2.75) is 58.3 Å². The number of ether oxygens (including phenoxy) is 2. The van der Waals surface area contributed by atoms with Crippen LogP contribution in [-0.2, 0) is 23.9 Å². The van der Waals surface area contributed by atoms with Gasteiger partial charge in [-0.3, -0.25) is 14.4 Å². The van der Waals surface area contributed by atoms with Crippen molar-refractivity contribution in [3.8, 4) is 0 Å². The standard InChI is InChI=1S/C17H30O6S/c1-15(19)24-14-6-2-3-7-16(20)8-4-5-9-17(21)23-13-12-22-11-10-18/h18H,2-14H2,1H3. The lowest BCUT2D eigenvalue weighted by Gasteiger charge is -2.05. The molecule has 0 spiro atoms. The Hall–Kier alpha value is -0.920. The van der Waals surface area contributed by atoms with Crippen LogP contribution in [0.1, 0.15) is 58.3 Å². The van der Waals surface area contributed by atoms with E-state index >= 15 is 0 Å². The zero-order valence-electron chi connectivity index (χ0n) is 14.6. The molecule has 0 saturated carbocycles. The van der Waals surface area contributed by atoms with Crippen molar-refractivity contribution in [3.05, 3.63) is 0 Å². The Morgan fingerprint density at radius 2 is 1.54 bits per heavy atom. The molecule has 0 aliphatic rings. The molecule has 0 saturated heterocycles. The predicted octanol–water partition coefficient (Wildman–Crippen LogP) is 2.51. The minimum atomic E-state index is -0.280. The molecule has 0 rings (SSSR count). The van der Waals surface area contributed by atoms with Crippen LogP contribution in [0.4, 0.5) is 0 Å². The molecule has 0 heterocycles. The molecule has 0 aromatic heterocycles. The van der Waals surface area contributed by atoms with Gasteiger partial charge in [0.1, 0.15) is 12.4 Å². The Morgan fingerprint density at radius 3 is 2.21 bits per heavy atom. The Bertz CT molecular complexity index is 359. The zero-order chi connectivity index (χ0) is 18.0. The fourth-order valence-electron chi connectivity index (χ4n) is 1.99. The fourth-order valence-corrected chi connectivity index (χ4v) is 2.62. The first-order valence-electron chi connectivity index (χ1n) is 8.55. The van der Waals surface area contributed by atoms with E-state index in [2.05, 4.69) is 0 Å². The summed E-state index contributed by atoms with van der Waals surface area (Å²) >= 11 is 1.33. The second kappa shape index (κ2) is 16.9. The molecular formula is C17H30O6S. The van der Waals surface area contributed by atoms with Crippen molar-refractivity contribution < 1.29 is 29.0 Å². The molecule has 0 radical (unpaired) electrons. The smallest absolute Gasteiger partial charge is 0.305 e. The van der Waals surface area contributed by atoms with E-state index in [0.29, 0.717) is 32.1 Å². The molecule has 0 aliphatic carbocycles. The summed E-state index contributed by atoms with van der Waals surface area (Å²) in [6.07, 6.45) is 5.56. The number of hydrogen-bond acceptors (Lipinski definition) is 7. The summed E-state index contributed by atoms with van der Waals surface area (Å²) in [5, 5.41) is 8.64. The SMILES string of the molecule is CC(=O)SCCCCCC(=O)CCCCC(=O)OCCOCCO. The molecule has 24 heavy (non-hydrogen) atoms. The highest BCUT2D eigenvalue weighted by Crippen LogP contribution is 2.10. The number of Topliss-reactive ketones (excluding diaryl/α,β-unsaturated/α-hetero) is 1. The van der Waals surface area contributed by atoms with Crippen LogP contribution in [0.25, 0.3) is 0 Å². The van der Waals surface area contributed by atoms with Gasteiger partial charge in [-0.1, -0.05) is 18.2 Å². The maximum atomic E-state index is 11.7. The van der Waals surface area contributed by atoms with Crippen molar-refractivity contribution in [2.24, 2.45) is 0 Å². The van der Waals surface area contributed by atoms with E-state index in [9.17, 15) is 14.4 Å². The lowest BCUT2D eigenvalue weighted by atomic mass is 10.1. The van der Waals surface area contributed by atoms with Crippen LogP contribution in [0.3, 0.4) is 0 Å². The van der Waals surface area contributed by atoms with Crippen molar-refractivity contribution in [1.82, 2.24) is 0 Å². The highest BCUT2D eigenvalue weighted by molar-refractivity contribution is 8.13. The first-order valence-corrected chi connectivity index (χ1v) is 9.54. The third-order valence-corrected chi connectivity index (χ3v) is 4.12. The maximum Gasteiger partial charge on any atom is 0.305 e. The van der Waals surface area contributed by atoms with Crippen molar-refractivity contribution in [2.75, 3.05) is 32.2 Å². The van der Waals surface area contributed by atoms with Crippen molar-refractivity contribution in [3.63, 3.8) is 0 Å². The number of hydrogen-bond donors (Lipinski definition) is 1. The summed E-state index contributed by atoms with van der Waals surface area (Å²) < 4.78 is 9.93. The van der Waals surface area contributed by atoms with Gasteiger partial charge in [-0.2, -0.15) is 0 Å². The van der Waals surface area contributed by atoms with E-state index in [0.717, 1.165) is 25.0 Å². The molecule has 0 unspecified atom stereocenters. The van der Waals surface area contributed by atoms with Crippen LogP contribution in [0.5, 0.6) is 0 Å². The number of thioether (sulfide) groups is 1. The number of carbonyl (C=O) groups excluding carboxylic acids is 3. The average molecular weight is 362 g/mol. The molecule has 6 nitrogen and oxygen atoms in total. The predicted molar refractivity (Wildman–Crippen MR) is 93.9 cm³/mol. The van der Waals surface area contributed by atoms with Gasteiger partial charge in [0.15, 0.2) is 5.12 Å². The maximum absolute atomic E-state index is 11.7. The van der Waals surface area contributed by atoms with Gasteiger partial charge >= 0.3 is 5.97 Å². The van der Waals surface area contributed by atoms with Crippen LogP contribution < -0.4 is 0 Å². The number of rotatable bonds is 16. The van der Waals surface area contributed by atoms with Gasteiger partial charge in [0.2, 0.25) is 0 Å². The summed E-state index contributed by atoms with van der Waals surface area (Å²) in [6.45, 7) is 2.25. The highest BCUT2D eigenvalue weighted by atomic mass is 32.2. The van der Waals surface area contributed by atoms with Gasteiger partial charge in [-0.25, -0.2) is 0 Å². The molecule has 0 atom stereocenters. The summed E-state index contributed by atoms with van der Waals surface area (Å²) in [5.41, 5.74) is 0. The van der Waals surface area contributed by atoms with E-state index in [-0.39, 0.29) is 43.3 Å². The minimum absolute atomic E-state index is 0.0423. The van der Waals surface area contributed by atoms with E-state index < -0.39 is 0 Å². The first kappa shape index (κ1) is 23.1. The van der Waals surface area contributed by atoms with Crippen LogP contribution in [-0.4, -0.2) is 54.2 Å². The Morgan fingerprint density at radius 1 is 0.875 bits per heavy atom. The lowest BCUT2D eigenvalue weighted by molar-refractivity contribution is -0.145. The number of esters is 1. The van der Waals surface area contributed by atoms with Gasteiger partial charge in [-0.15, -0.1) is 0 Å². The first-order chi connectivity index (χ1) is 11.6. The Balaban J connectivity index is 3.35. The number of aliphatic hydroxyl groups excluding tert-OH is 1. The van der Waals surface area contributed by atoms with E-state index in [1.165, 1.54) is 11.8 Å². The molecule has 0 amide bonds. The molecule has 0 fully saturated rings. The van der Waals surface area contributed by atoms with E-state index in [4.69, 9.17) is 14.6 Å². The number of unbranched alkanes of at least 4 members (excludes halogenated alkanes) is 3. The van der Waals surface area contributed by atoms with Gasteiger partial charge in [0, 0.05) is 31.9 Å². The van der Waals surface area contributed by atoms with Crippen molar-refractivity contribution in [1.29, 1.82) is 0 Å². The highest BCUT2D eigenvalue weighted by Gasteiger charge is 2.05. The van der Waals surface area contributed by atoms with E-state index in [1.807, 2.05) is 0 Å². The number of aliphatic hydroxyl groups is 1.